The molecular weight excluding hydrogens is 568 g/mol. The summed E-state index contributed by atoms with van der Waals surface area (Å²) >= 11 is 12.2. The lowest BCUT2D eigenvalue weighted by atomic mass is 10.1. The molecule has 1 atom stereocenters. The van der Waals surface area contributed by atoms with Gasteiger partial charge in [0.05, 0.1) is 27.7 Å². The highest BCUT2D eigenvalue weighted by Crippen LogP contribution is 2.27. The molecule has 3 rings (SSSR count). The van der Waals surface area contributed by atoms with Gasteiger partial charge in [0.1, 0.15) is 24.2 Å². The third kappa shape index (κ3) is 7.40. The highest BCUT2D eigenvalue weighted by atomic mass is 35.5. The smallest absolute Gasteiger partial charge is 0.264 e. The standard InChI is InChI=1S/C27H28Cl2FN3O5S/c1-4-31-27(35)18(2)32(16-19-5-14-24(28)25(29)15-19)26(34)17-33(21-8-6-20(30)7-9-21)39(36,37)23-12-10-22(38-3)11-13-23/h5-15,18H,4,16-17H2,1-3H3,(H,31,35)/t18-/m1/s1. The molecule has 8 nitrogen and oxygen atoms in total. The normalized spacial score (nSPS) is 11.9. The SMILES string of the molecule is CCNC(=O)[C@@H](C)N(Cc1ccc(Cl)c(Cl)c1)C(=O)CN(c1ccc(F)cc1)S(=O)(=O)c1ccc(OC)cc1. The van der Waals surface area contributed by atoms with Crippen LogP contribution in [0.4, 0.5) is 10.1 Å². The predicted molar refractivity (Wildman–Crippen MR) is 149 cm³/mol. The van der Waals surface area contributed by atoms with Crippen LogP contribution in [0.3, 0.4) is 0 Å². The van der Waals surface area contributed by atoms with E-state index < -0.39 is 40.2 Å². The van der Waals surface area contributed by atoms with Crippen molar-refractivity contribution in [2.24, 2.45) is 0 Å². The molecule has 0 saturated carbocycles. The van der Waals surface area contributed by atoms with E-state index in [0.717, 1.165) is 16.4 Å². The van der Waals surface area contributed by atoms with E-state index in [2.05, 4.69) is 5.32 Å². The number of sulfonamides is 1. The minimum Gasteiger partial charge on any atom is -0.497 e. The number of anilines is 1. The molecule has 12 heteroatoms. The van der Waals surface area contributed by atoms with Crippen LogP contribution in [-0.4, -0.2) is 51.4 Å². The first-order chi connectivity index (χ1) is 18.5. The van der Waals surface area contributed by atoms with Crippen LogP contribution in [-0.2, 0) is 26.2 Å². The largest absolute Gasteiger partial charge is 0.497 e. The molecule has 0 aliphatic carbocycles. The summed E-state index contributed by atoms with van der Waals surface area (Å²) < 4.78 is 47.1. The van der Waals surface area contributed by atoms with E-state index in [1.807, 2.05) is 0 Å². The van der Waals surface area contributed by atoms with E-state index in [-0.39, 0.29) is 22.2 Å². The zero-order chi connectivity index (χ0) is 28.7. The summed E-state index contributed by atoms with van der Waals surface area (Å²) in [7, 11) is -2.84. The molecule has 2 amide bonds. The summed E-state index contributed by atoms with van der Waals surface area (Å²) in [6.07, 6.45) is 0. The molecule has 0 heterocycles. The number of halogens is 3. The number of ether oxygens (including phenoxy) is 1. The van der Waals surface area contributed by atoms with E-state index in [9.17, 15) is 22.4 Å². The van der Waals surface area contributed by atoms with Crippen molar-refractivity contribution in [3.05, 3.63) is 88.2 Å². The Balaban J connectivity index is 2.03. The lowest BCUT2D eigenvalue weighted by Crippen LogP contribution is -2.51. The molecule has 208 valence electrons. The lowest BCUT2D eigenvalue weighted by Gasteiger charge is -2.32. The first kappa shape index (κ1) is 30.2. The molecule has 39 heavy (non-hydrogen) atoms. The van der Waals surface area contributed by atoms with Crippen molar-refractivity contribution >= 4 is 50.7 Å². The van der Waals surface area contributed by atoms with Crippen LogP contribution >= 0.6 is 23.2 Å². The Morgan fingerprint density at radius 2 is 1.64 bits per heavy atom. The van der Waals surface area contributed by atoms with Gasteiger partial charge in [-0.25, -0.2) is 12.8 Å². The van der Waals surface area contributed by atoms with Gasteiger partial charge in [0, 0.05) is 13.1 Å². The minimum atomic E-state index is -4.29. The number of likely N-dealkylation sites (N-methyl/N-ethyl adjacent to an activating group) is 1. The van der Waals surface area contributed by atoms with Crippen LogP contribution in [0.1, 0.15) is 19.4 Å². The number of nitrogens with zero attached hydrogens (tertiary/aromatic N) is 2. The molecule has 0 aliphatic heterocycles. The van der Waals surface area contributed by atoms with E-state index in [1.54, 1.807) is 32.0 Å². The topological polar surface area (TPSA) is 96.0 Å². The molecule has 0 aromatic heterocycles. The fourth-order valence-corrected chi connectivity index (χ4v) is 5.49. The van der Waals surface area contributed by atoms with E-state index in [0.29, 0.717) is 22.9 Å². The number of amides is 2. The third-order valence-electron chi connectivity index (χ3n) is 5.90. The van der Waals surface area contributed by atoms with Crippen molar-refractivity contribution in [2.45, 2.75) is 31.3 Å². The van der Waals surface area contributed by atoms with Gasteiger partial charge in [-0.3, -0.25) is 13.9 Å². The number of hydrogen-bond acceptors (Lipinski definition) is 5. The number of carbonyl (C=O) groups is 2. The summed E-state index contributed by atoms with van der Waals surface area (Å²) in [5, 5.41) is 3.27. The van der Waals surface area contributed by atoms with Gasteiger partial charge in [0.15, 0.2) is 0 Å². The molecule has 0 aliphatic rings. The summed E-state index contributed by atoms with van der Waals surface area (Å²) in [4.78, 5) is 27.7. The zero-order valence-electron chi connectivity index (χ0n) is 21.5. The fourth-order valence-electron chi connectivity index (χ4n) is 3.75. The van der Waals surface area contributed by atoms with Crippen molar-refractivity contribution in [2.75, 3.05) is 24.5 Å². The number of methoxy groups -OCH3 is 1. The molecule has 0 spiro atoms. The monoisotopic (exact) mass is 595 g/mol. The van der Waals surface area contributed by atoms with Gasteiger partial charge < -0.3 is 15.0 Å². The van der Waals surface area contributed by atoms with Gasteiger partial charge >= 0.3 is 0 Å². The number of nitrogens with one attached hydrogen (secondary N) is 1. The first-order valence-corrected chi connectivity index (χ1v) is 14.1. The van der Waals surface area contributed by atoms with E-state index >= 15 is 0 Å². The molecule has 0 radical (unpaired) electrons. The maximum atomic E-state index is 13.8. The quantitative estimate of drug-likeness (QED) is 0.340. The van der Waals surface area contributed by atoms with Crippen LogP contribution in [0.25, 0.3) is 0 Å². The number of rotatable bonds is 11. The molecule has 1 N–H and O–H groups in total. The molecule has 0 fully saturated rings. The Bertz CT molecular complexity index is 1420. The lowest BCUT2D eigenvalue weighted by molar-refractivity contribution is -0.139. The van der Waals surface area contributed by atoms with Crippen LogP contribution in [0.5, 0.6) is 5.75 Å². The van der Waals surface area contributed by atoms with Gasteiger partial charge in [-0.2, -0.15) is 0 Å². The van der Waals surface area contributed by atoms with E-state index in [4.69, 9.17) is 27.9 Å². The highest BCUT2D eigenvalue weighted by Gasteiger charge is 2.32. The van der Waals surface area contributed by atoms with Crippen LogP contribution in [0.2, 0.25) is 10.0 Å². The fraction of sp³-hybridized carbons (Fsp3) is 0.259. The molecular formula is C27H28Cl2FN3O5S. The maximum Gasteiger partial charge on any atom is 0.264 e. The summed E-state index contributed by atoms with van der Waals surface area (Å²) in [5.41, 5.74) is 0.654. The highest BCUT2D eigenvalue weighted by molar-refractivity contribution is 7.92. The van der Waals surface area contributed by atoms with Gasteiger partial charge in [-0.1, -0.05) is 29.3 Å². The van der Waals surface area contributed by atoms with Crippen LogP contribution < -0.4 is 14.4 Å². The second kappa shape index (κ2) is 13.1. The molecule has 3 aromatic carbocycles. The minimum absolute atomic E-state index is 0.0478. The predicted octanol–water partition coefficient (Wildman–Crippen LogP) is 4.89. The Hall–Kier alpha value is -3.34. The number of benzene rings is 3. The summed E-state index contributed by atoms with van der Waals surface area (Å²) in [6.45, 7) is 2.92. The Labute approximate surface area is 237 Å². The molecule has 0 unspecified atom stereocenters. The van der Waals surface area contributed by atoms with Crippen molar-refractivity contribution in [1.29, 1.82) is 0 Å². The van der Waals surface area contributed by atoms with Gasteiger partial charge in [0.25, 0.3) is 10.0 Å². The Kier molecular flexibility index (Phi) is 10.2. The molecule has 0 saturated heterocycles. The second-order valence-electron chi connectivity index (χ2n) is 8.50. The zero-order valence-corrected chi connectivity index (χ0v) is 23.9. The van der Waals surface area contributed by atoms with E-state index in [1.165, 1.54) is 48.4 Å². The Morgan fingerprint density at radius 1 is 1.00 bits per heavy atom. The number of carbonyl (C=O) groups excluding carboxylic acids is 2. The average Bonchev–Trinajstić information content (AvgIpc) is 2.92. The first-order valence-electron chi connectivity index (χ1n) is 11.9. The maximum absolute atomic E-state index is 13.8. The van der Waals surface area contributed by atoms with Gasteiger partial charge in [0.2, 0.25) is 11.8 Å². The molecule has 0 bridgehead atoms. The van der Waals surface area contributed by atoms with Crippen molar-refractivity contribution in [3.63, 3.8) is 0 Å². The third-order valence-corrected chi connectivity index (χ3v) is 8.42. The Morgan fingerprint density at radius 3 is 2.21 bits per heavy atom. The number of hydrogen-bond donors (Lipinski definition) is 1. The molecule has 3 aromatic rings. The second-order valence-corrected chi connectivity index (χ2v) is 11.2. The van der Waals surface area contributed by atoms with Crippen molar-refractivity contribution in [3.8, 4) is 5.75 Å². The van der Waals surface area contributed by atoms with Gasteiger partial charge in [-0.05, 0) is 80.1 Å². The van der Waals surface area contributed by atoms with Crippen molar-refractivity contribution in [1.82, 2.24) is 10.2 Å². The van der Waals surface area contributed by atoms with Crippen LogP contribution in [0.15, 0.2) is 71.6 Å². The summed E-state index contributed by atoms with van der Waals surface area (Å²) in [5.74, 6) is -1.21. The average molecular weight is 597 g/mol. The summed E-state index contributed by atoms with van der Waals surface area (Å²) in [6, 6.07) is 14.2. The van der Waals surface area contributed by atoms with Crippen molar-refractivity contribution < 1.29 is 27.1 Å². The van der Waals surface area contributed by atoms with Gasteiger partial charge in [-0.15, -0.1) is 0 Å². The van der Waals surface area contributed by atoms with Crippen LogP contribution in [0, 0.1) is 5.82 Å².